The van der Waals surface area contributed by atoms with Gasteiger partial charge in [-0.15, -0.1) is 0 Å². The lowest BCUT2D eigenvalue weighted by atomic mass is 9.82. The highest BCUT2D eigenvalue weighted by molar-refractivity contribution is 5.94. The number of hydrogen-bond acceptors (Lipinski definition) is 4. The monoisotopic (exact) mass is 370 g/mol. The Bertz CT molecular complexity index is 886. The van der Waals surface area contributed by atoms with Gasteiger partial charge in [-0.2, -0.15) is 0 Å². The first-order valence-electron chi connectivity index (χ1n) is 8.87. The van der Waals surface area contributed by atoms with Crippen LogP contribution in [0, 0.1) is 11.7 Å². The highest BCUT2D eigenvalue weighted by atomic mass is 19.1. The molecule has 0 radical (unpaired) electrons. The van der Waals surface area contributed by atoms with Crippen LogP contribution in [0.1, 0.15) is 48.4 Å². The van der Waals surface area contributed by atoms with E-state index in [9.17, 15) is 14.0 Å². The van der Waals surface area contributed by atoms with Gasteiger partial charge >= 0.3 is 0 Å². The molecule has 2 amide bonds. The Morgan fingerprint density at radius 3 is 2.70 bits per heavy atom. The van der Waals surface area contributed by atoms with Gasteiger partial charge in [0, 0.05) is 37.4 Å². The minimum absolute atomic E-state index is 0.0175. The molecular weight excluding hydrogens is 347 g/mol. The van der Waals surface area contributed by atoms with Gasteiger partial charge in [0.25, 0.3) is 5.91 Å². The molecule has 2 aromatic rings. The van der Waals surface area contributed by atoms with E-state index in [1.165, 1.54) is 19.1 Å². The Labute approximate surface area is 157 Å². The number of fused-ring (bicyclic) bond motifs is 1. The van der Waals surface area contributed by atoms with Gasteiger partial charge < -0.3 is 16.0 Å². The van der Waals surface area contributed by atoms with Crippen molar-refractivity contribution in [2.24, 2.45) is 11.7 Å². The van der Waals surface area contributed by atoms with Crippen molar-refractivity contribution < 1.29 is 14.0 Å². The van der Waals surface area contributed by atoms with E-state index in [-0.39, 0.29) is 29.7 Å². The normalized spacial score (nSPS) is 21.6. The molecule has 0 aliphatic carbocycles. The number of pyridine rings is 1. The molecule has 0 unspecified atom stereocenters. The van der Waals surface area contributed by atoms with Crippen LogP contribution in [0.4, 0.5) is 10.1 Å². The predicted octanol–water partition coefficient (Wildman–Crippen LogP) is 2.54. The molecule has 3 rings (SSSR count). The summed E-state index contributed by atoms with van der Waals surface area (Å²) >= 11 is 0. The van der Waals surface area contributed by atoms with Crippen molar-refractivity contribution in [2.45, 2.75) is 39.4 Å². The zero-order chi connectivity index (χ0) is 19.7. The maximum atomic E-state index is 13.9. The van der Waals surface area contributed by atoms with Crippen LogP contribution in [-0.4, -0.2) is 22.8 Å². The van der Waals surface area contributed by atoms with E-state index < -0.39 is 5.91 Å². The third-order valence-corrected chi connectivity index (χ3v) is 5.26. The quantitative estimate of drug-likeness (QED) is 0.866. The second-order valence-electron chi connectivity index (χ2n) is 6.91. The van der Waals surface area contributed by atoms with Crippen LogP contribution in [0.3, 0.4) is 0 Å². The molecule has 142 valence electrons. The van der Waals surface area contributed by atoms with E-state index in [0.717, 1.165) is 0 Å². The Morgan fingerprint density at radius 2 is 2.04 bits per heavy atom. The Kier molecular flexibility index (Phi) is 5.23. The van der Waals surface area contributed by atoms with E-state index in [1.807, 2.05) is 13.8 Å². The average Bonchev–Trinajstić information content (AvgIpc) is 2.62. The molecule has 0 spiro atoms. The van der Waals surface area contributed by atoms with Crippen LogP contribution in [0.5, 0.6) is 0 Å². The van der Waals surface area contributed by atoms with Crippen molar-refractivity contribution in [3.8, 4) is 0 Å². The number of nitrogens with one attached hydrogen (secondary N) is 1. The maximum absolute atomic E-state index is 13.9. The number of aromatic nitrogens is 1. The second kappa shape index (κ2) is 7.44. The van der Waals surface area contributed by atoms with E-state index in [1.54, 1.807) is 29.3 Å². The van der Waals surface area contributed by atoms with Gasteiger partial charge in [-0.3, -0.25) is 14.6 Å². The summed E-state index contributed by atoms with van der Waals surface area (Å²) < 4.78 is 13.9. The summed E-state index contributed by atoms with van der Waals surface area (Å²) in [6.07, 6.45) is 1.60. The van der Waals surface area contributed by atoms with Crippen molar-refractivity contribution in [3.05, 3.63) is 59.2 Å². The number of hydrogen-bond donors (Lipinski definition) is 2. The highest BCUT2D eigenvalue weighted by Crippen LogP contribution is 2.41. The molecule has 6 nitrogen and oxygen atoms in total. The summed E-state index contributed by atoms with van der Waals surface area (Å²) in [5, 5.41) is 3.38. The van der Waals surface area contributed by atoms with Crippen LogP contribution in [0.15, 0.2) is 36.5 Å². The van der Waals surface area contributed by atoms with Crippen molar-refractivity contribution in [1.29, 1.82) is 0 Å². The fourth-order valence-electron chi connectivity index (χ4n) is 3.77. The summed E-state index contributed by atoms with van der Waals surface area (Å²) in [6.45, 7) is 5.80. The van der Waals surface area contributed by atoms with Crippen LogP contribution >= 0.6 is 0 Å². The van der Waals surface area contributed by atoms with Crippen molar-refractivity contribution in [2.75, 3.05) is 4.90 Å². The molecule has 2 heterocycles. The Hall–Kier alpha value is -2.80. The number of carbonyl (C=O) groups is 2. The number of carbonyl (C=O) groups excluding carboxylic acids is 2. The number of halogens is 1. The first-order valence-corrected chi connectivity index (χ1v) is 8.87. The lowest BCUT2D eigenvalue weighted by Gasteiger charge is -2.44. The van der Waals surface area contributed by atoms with E-state index in [2.05, 4.69) is 10.3 Å². The summed E-state index contributed by atoms with van der Waals surface area (Å²) in [7, 11) is 0. The number of nitrogens with two attached hydrogens (primary N) is 1. The molecule has 1 aliphatic heterocycles. The number of primary amides is 1. The van der Waals surface area contributed by atoms with Gasteiger partial charge in [-0.1, -0.05) is 6.92 Å². The standard InChI is InChI=1S/C20H23FN4O2/c1-11-12(2)25(13(3)26)18-7-6-14(21)9-16(18)19(11)24-10-17-15(20(22)27)5-4-8-23-17/h4-9,11-12,19,24H,10H2,1-3H3,(H2,22,27)/t11-,12-,19+/m0/s1. The zero-order valence-electron chi connectivity index (χ0n) is 15.6. The molecule has 1 aromatic heterocycles. The summed E-state index contributed by atoms with van der Waals surface area (Å²) in [6, 6.07) is 7.46. The number of amides is 2. The Balaban J connectivity index is 1.96. The summed E-state index contributed by atoms with van der Waals surface area (Å²) in [5.41, 5.74) is 7.72. The van der Waals surface area contributed by atoms with E-state index in [0.29, 0.717) is 29.1 Å². The van der Waals surface area contributed by atoms with Crippen LogP contribution < -0.4 is 16.0 Å². The third-order valence-electron chi connectivity index (χ3n) is 5.26. The summed E-state index contributed by atoms with van der Waals surface area (Å²) in [5.74, 6) is -0.967. The lowest BCUT2D eigenvalue weighted by molar-refractivity contribution is -0.117. The molecular formula is C20H23FN4O2. The minimum Gasteiger partial charge on any atom is -0.366 e. The van der Waals surface area contributed by atoms with Crippen molar-refractivity contribution >= 4 is 17.5 Å². The van der Waals surface area contributed by atoms with Crippen LogP contribution in [-0.2, 0) is 11.3 Å². The second-order valence-corrected chi connectivity index (χ2v) is 6.91. The third kappa shape index (κ3) is 3.55. The molecule has 0 saturated carbocycles. The maximum Gasteiger partial charge on any atom is 0.250 e. The molecule has 3 atom stereocenters. The summed E-state index contributed by atoms with van der Waals surface area (Å²) in [4.78, 5) is 29.7. The number of benzene rings is 1. The van der Waals surface area contributed by atoms with Gasteiger partial charge in [-0.25, -0.2) is 4.39 Å². The van der Waals surface area contributed by atoms with E-state index >= 15 is 0 Å². The average molecular weight is 370 g/mol. The SMILES string of the molecule is CC(=O)N1c2ccc(F)cc2[C@H](NCc2ncccc2C(N)=O)[C@@H](C)[C@@H]1C. The van der Waals surface area contributed by atoms with Gasteiger partial charge in [0.05, 0.1) is 11.3 Å². The molecule has 1 aliphatic rings. The number of rotatable bonds is 4. The molecule has 0 saturated heterocycles. The number of nitrogens with zero attached hydrogens (tertiary/aromatic N) is 2. The largest absolute Gasteiger partial charge is 0.366 e. The van der Waals surface area contributed by atoms with Crippen molar-refractivity contribution in [3.63, 3.8) is 0 Å². The van der Waals surface area contributed by atoms with Crippen LogP contribution in [0.2, 0.25) is 0 Å². The zero-order valence-corrected chi connectivity index (χ0v) is 15.6. The Morgan fingerprint density at radius 1 is 1.30 bits per heavy atom. The fourth-order valence-corrected chi connectivity index (χ4v) is 3.77. The first-order chi connectivity index (χ1) is 12.8. The molecule has 3 N–H and O–H groups in total. The predicted molar refractivity (Wildman–Crippen MR) is 101 cm³/mol. The highest BCUT2D eigenvalue weighted by Gasteiger charge is 2.38. The molecule has 7 heteroatoms. The van der Waals surface area contributed by atoms with Crippen molar-refractivity contribution in [1.82, 2.24) is 10.3 Å². The van der Waals surface area contributed by atoms with E-state index in [4.69, 9.17) is 5.73 Å². The first kappa shape index (κ1) is 19.0. The molecule has 27 heavy (non-hydrogen) atoms. The van der Waals surface area contributed by atoms with Gasteiger partial charge in [0.2, 0.25) is 5.91 Å². The lowest BCUT2D eigenvalue weighted by Crippen LogP contribution is -2.49. The number of anilines is 1. The molecule has 0 bridgehead atoms. The van der Waals surface area contributed by atoms with Gasteiger partial charge in [0.15, 0.2) is 0 Å². The topological polar surface area (TPSA) is 88.3 Å². The fraction of sp³-hybridized carbons (Fsp3) is 0.350. The van der Waals surface area contributed by atoms with Crippen LogP contribution in [0.25, 0.3) is 0 Å². The molecule has 1 aromatic carbocycles. The molecule has 0 fully saturated rings. The van der Waals surface area contributed by atoms with Gasteiger partial charge in [0.1, 0.15) is 5.82 Å². The van der Waals surface area contributed by atoms with Gasteiger partial charge in [-0.05, 0) is 48.7 Å². The minimum atomic E-state index is -0.542. The smallest absolute Gasteiger partial charge is 0.250 e.